The molecular formula is C21H30N6O2. The van der Waals surface area contributed by atoms with Gasteiger partial charge < -0.3 is 19.5 Å². The summed E-state index contributed by atoms with van der Waals surface area (Å²) < 4.78 is 5.15. The molecule has 0 unspecified atom stereocenters. The number of imidazole rings is 1. The van der Waals surface area contributed by atoms with Crippen LogP contribution in [0.3, 0.4) is 0 Å². The Kier molecular flexibility index (Phi) is 5.29. The van der Waals surface area contributed by atoms with Crippen LogP contribution in [0.1, 0.15) is 55.5 Å². The number of piperidine rings is 1. The van der Waals surface area contributed by atoms with Gasteiger partial charge in [-0.25, -0.2) is 15.0 Å². The zero-order chi connectivity index (χ0) is 20.6. The number of nitrogens with zero attached hydrogens (tertiary/aromatic N) is 5. The van der Waals surface area contributed by atoms with Crippen molar-refractivity contribution < 1.29 is 9.53 Å². The monoisotopic (exact) mass is 398 g/mol. The van der Waals surface area contributed by atoms with Gasteiger partial charge in [-0.3, -0.25) is 4.79 Å². The van der Waals surface area contributed by atoms with Crippen molar-refractivity contribution in [1.82, 2.24) is 24.8 Å². The Labute approximate surface area is 171 Å². The van der Waals surface area contributed by atoms with Crippen molar-refractivity contribution in [3.8, 4) is 0 Å². The second-order valence-corrected chi connectivity index (χ2v) is 8.33. The molecule has 1 fully saturated rings. The Morgan fingerprint density at radius 3 is 2.72 bits per heavy atom. The van der Waals surface area contributed by atoms with Gasteiger partial charge in [0, 0.05) is 50.6 Å². The largest absolute Gasteiger partial charge is 0.375 e. The van der Waals surface area contributed by atoms with Crippen LogP contribution in [0.25, 0.3) is 0 Å². The van der Waals surface area contributed by atoms with E-state index in [1.807, 2.05) is 11.8 Å². The molecule has 29 heavy (non-hydrogen) atoms. The van der Waals surface area contributed by atoms with Crippen LogP contribution in [0.5, 0.6) is 0 Å². The van der Waals surface area contributed by atoms with E-state index in [1.54, 1.807) is 13.4 Å². The second kappa shape index (κ2) is 7.74. The number of aromatic nitrogens is 4. The second-order valence-electron chi connectivity index (χ2n) is 8.33. The lowest BCUT2D eigenvalue weighted by Gasteiger charge is -2.50. The summed E-state index contributed by atoms with van der Waals surface area (Å²) in [7, 11) is 1.57. The van der Waals surface area contributed by atoms with E-state index in [-0.39, 0.29) is 18.1 Å². The minimum absolute atomic E-state index is 0.0366. The van der Waals surface area contributed by atoms with Crippen LogP contribution in [0.2, 0.25) is 0 Å². The number of rotatable bonds is 4. The minimum atomic E-state index is -0.372. The van der Waals surface area contributed by atoms with Gasteiger partial charge in [0.2, 0.25) is 5.91 Å². The standard InChI is InChI=1S/C21H30N6O2/c1-14(2)17-11-18(25-15(3)24-17)26-9-6-21(7-10-26)20-16(22-13-23-20)5-8-27(21)19(28)12-29-4/h11,13-14H,5-10,12H2,1-4H3,(H,22,23). The van der Waals surface area contributed by atoms with Crippen LogP contribution in [-0.2, 0) is 21.5 Å². The Morgan fingerprint density at radius 2 is 2.03 bits per heavy atom. The molecule has 2 aromatic heterocycles. The quantitative estimate of drug-likeness (QED) is 0.849. The first-order valence-corrected chi connectivity index (χ1v) is 10.4. The molecule has 4 heterocycles. The van der Waals surface area contributed by atoms with E-state index in [0.29, 0.717) is 12.5 Å². The molecule has 4 rings (SSSR count). The average Bonchev–Trinajstić information content (AvgIpc) is 3.18. The number of fused-ring (bicyclic) bond motifs is 2. The molecular weight excluding hydrogens is 368 g/mol. The van der Waals surface area contributed by atoms with E-state index < -0.39 is 0 Å². The maximum Gasteiger partial charge on any atom is 0.249 e. The van der Waals surface area contributed by atoms with Gasteiger partial charge >= 0.3 is 0 Å². The predicted molar refractivity (Wildman–Crippen MR) is 110 cm³/mol. The molecule has 0 aromatic carbocycles. The van der Waals surface area contributed by atoms with Gasteiger partial charge in [-0.15, -0.1) is 0 Å². The molecule has 1 amide bonds. The van der Waals surface area contributed by atoms with Gasteiger partial charge in [-0.1, -0.05) is 13.8 Å². The minimum Gasteiger partial charge on any atom is -0.375 e. The molecule has 0 aliphatic carbocycles. The molecule has 0 bridgehead atoms. The van der Waals surface area contributed by atoms with Crippen LogP contribution in [0.15, 0.2) is 12.4 Å². The smallest absolute Gasteiger partial charge is 0.249 e. The van der Waals surface area contributed by atoms with E-state index >= 15 is 0 Å². The highest BCUT2D eigenvalue weighted by Gasteiger charge is 2.48. The molecule has 2 aliphatic rings. The summed E-state index contributed by atoms with van der Waals surface area (Å²) in [6.45, 7) is 8.68. The molecule has 0 radical (unpaired) electrons. The molecule has 1 saturated heterocycles. The maximum absolute atomic E-state index is 12.8. The fourth-order valence-corrected chi connectivity index (χ4v) is 4.69. The summed E-state index contributed by atoms with van der Waals surface area (Å²) in [4.78, 5) is 34.3. The Bertz CT molecular complexity index is 885. The van der Waals surface area contributed by atoms with Crippen molar-refractivity contribution in [1.29, 1.82) is 0 Å². The van der Waals surface area contributed by atoms with Crippen LogP contribution in [-0.4, -0.2) is 64.1 Å². The van der Waals surface area contributed by atoms with Gasteiger partial charge in [-0.05, 0) is 25.7 Å². The number of hydrogen-bond acceptors (Lipinski definition) is 6. The number of nitrogens with one attached hydrogen (secondary N) is 1. The summed E-state index contributed by atoms with van der Waals surface area (Å²) >= 11 is 0. The van der Waals surface area contributed by atoms with E-state index in [0.717, 1.165) is 61.1 Å². The van der Waals surface area contributed by atoms with E-state index in [4.69, 9.17) is 4.74 Å². The highest BCUT2D eigenvalue weighted by atomic mass is 16.5. The average molecular weight is 399 g/mol. The summed E-state index contributed by atoms with van der Waals surface area (Å²) in [5.74, 6) is 2.17. The zero-order valence-corrected chi connectivity index (χ0v) is 17.7. The first kappa shape index (κ1) is 19.8. The highest BCUT2D eigenvalue weighted by Crippen LogP contribution is 2.43. The highest BCUT2D eigenvalue weighted by molar-refractivity contribution is 5.79. The summed E-state index contributed by atoms with van der Waals surface area (Å²) in [5, 5.41) is 0. The van der Waals surface area contributed by atoms with E-state index in [2.05, 4.69) is 44.7 Å². The van der Waals surface area contributed by atoms with Crippen molar-refractivity contribution in [2.75, 3.05) is 38.3 Å². The van der Waals surface area contributed by atoms with E-state index in [9.17, 15) is 4.79 Å². The number of carbonyl (C=O) groups excluding carboxylic acids is 1. The topological polar surface area (TPSA) is 87.2 Å². The molecule has 0 saturated carbocycles. The van der Waals surface area contributed by atoms with Crippen LogP contribution >= 0.6 is 0 Å². The molecule has 1 N–H and O–H groups in total. The SMILES string of the molecule is COCC(=O)N1CCc2[nH]cnc2C12CCN(c1cc(C(C)C)nc(C)n1)CC2. The Balaban J connectivity index is 1.62. The third-order valence-corrected chi connectivity index (χ3v) is 6.18. The first-order valence-electron chi connectivity index (χ1n) is 10.4. The van der Waals surface area contributed by atoms with Crippen molar-refractivity contribution in [3.05, 3.63) is 35.3 Å². The molecule has 2 aliphatic heterocycles. The lowest BCUT2D eigenvalue weighted by Crippen LogP contribution is -2.59. The maximum atomic E-state index is 12.8. The van der Waals surface area contributed by atoms with Gasteiger partial charge in [0.25, 0.3) is 0 Å². The normalized spacial score (nSPS) is 18.4. The fourth-order valence-electron chi connectivity index (χ4n) is 4.69. The number of ether oxygens (including phenoxy) is 1. The van der Waals surface area contributed by atoms with E-state index in [1.165, 1.54) is 0 Å². The Morgan fingerprint density at radius 1 is 1.28 bits per heavy atom. The lowest BCUT2D eigenvalue weighted by molar-refractivity contribution is -0.144. The van der Waals surface area contributed by atoms with Crippen molar-refractivity contribution >= 4 is 11.7 Å². The fraction of sp³-hybridized carbons (Fsp3) is 0.619. The number of aromatic amines is 1. The third-order valence-electron chi connectivity index (χ3n) is 6.18. The number of aryl methyl sites for hydroxylation is 1. The molecule has 0 atom stereocenters. The summed E-state index contributed by atoms with van der Waals surface area (Å²) in [5.41, 5.74) is 2.87. The number of anilines is 1. The molecule has 8 heteroatoms. The number of H-pyrrole nitrogens is 1. The van der Waals surface area contributed by atoms with Gasteiger partial charge in [0.05, 0.1) is 17.6 Å². The Hall–Kier alpha value is -2.48. The number of methoxy groups -OCH3 is 1. The van der Waals surface area contributed by atoms with Gasteiger partial charge in [-0.2, -0.15) is 0 Å². The van der Waals surface area contributed by atoms with Crippen LogP contribution in [0.4, 0.5) is 5.82 Å². The summed E-state index contributed by atoms with van der Waals surface area (Å²) in [6.07, 6.45) is 4.20. The predicted octanol–water partition coefficient (Wildman–Crippen LogP) is 2.16. The first-order chi connectivity index (χ1) is 13.9. The van der Waals surface area contributed by atoms with Crippen LogP contribution in [0, 0.1) is 6.92 Å². The molecule has 2 aromatic rings. The molecule has 1 spiro atoms. The zero-order valence-electron chi connectivity index (χ0n) is 17.7. The molecule has 156 valence electrons. The molecule has 8 nitrogen and oxygen atoms in total. The van der Waals surface area contributed by atoms with Gasteiger partial charge in [0.15, 0.2) is 0 Å². The van der Waals surface area contributed by atoms with Crippen molar-refractivity contribution in [2.45, 2.75) is 51.5 Å². The van der Waals surface area contributed by atoms with Crippen molar-refractivity contribution in [3.63, 3.8) is 0 Å². The van der Waals surface area contributed by atoms with Gasteiger partial charge in [0.1, 0.15) is 18.2 Å². The number of hydrogen-bond donors (Lipinski definition) is 1. The summed E-state index contributed by atoms with van der Waals surface area (Å²) in [6, 6.07) is 2.10. The number of amides is 1. The van der Waals surface area contributed by atoms with Crippen LogP contribution < -0.4 is 4.90 Å². The van der Waals surface area contributed by atoms with Crippen molar-refractivity contribution in [2.24, 2.45) is 0 Å². The third kappa shape index (κ3) is 3.50. The number of carbonyl (C=O) groups is 1. The lowest BCUT2D eigenvalue weighted by atomic mass is 9.78.